The Hall–Kier alpha value is -1.65. The van der Waals surface area contributed by atoms with Crippen molar-refractivity contribution in [3.63, 3.8) is 0 Å². The molecule has 4 heteroatoms. The van der Waals surface area contributed by atoms with Crippen LogP contribution in [-0.4, -0.2) is 38.9 Å². The third-order valence-corrected chi connectivity index (χ3v) is 6.04. The van der Waals surface area contributed by atoms with Gasteiger partial charge in [-0.2, -0.15) is 5.10 Å². The molecular formula is C20H27N3O. The summed E-state index contributed by atoms with van der Waals surface area (Å²) in [6.45, 7) is 2.92. The predicted octanol–water partition coefficient (Wildman–Crippen LogP) is 3.04. The Morgan fingerprint density at radius 3 is 2.71 bits per heavy atom. The minimum absolute atomic E-state index is 0.347. The highest BCUT2D eigenvalue weighted by Gasteiger charge is 2.48. The lowest BCUT2D eigenvalue weighted by molar-refractivity contribution is -0.121. The first-order valence-electron chi connectivity index (χ1n) is 9.27. The zero-order chi connectivity index (χ0) is 16.4. The van der Waals surface area contributed by atoms with E-state index in [2.05, 4.69) is 34.3 Å². The molecular weight excluding hydrogens is 298 g/mol. The molecule has 3 atom stereocenters. The van der Waals surface area contributed by atoms with Gasteiger partial charge in [0.1, 0.15) is 0 Å². The van der Waals surface area contributed by atoms with Gasteiger partial charge in [0.05, 0.1) is 12.1 Å². The molecule has 2 heterocycles. The second kappa shape index (κ2) is 6.69. The minimum atomic E-state index is -0.658. The van der Waals surface area contributed by atoms with E-state index in [0.717, 1.165) is 38.0 Å². The molecule has 4 nitrogen and oxygen atoms in total. The van der Waals surface area contributed by atoms with E-state index in [0.29, 0.717) is 12.0 Å². The van der Waals surface area contributed by atoms with Gasteiger partial charge >= 0.3 is 0 Å². The quantitative estimate of drug-likeness (QED) is 0.939. The zero-order valence-electron chi connectivity index (χ0n) is 14.2. The van der Waals surface area contributed by atoms with E-state index in [1.54, 1.807) is 0 Å². The molecule has 0 radical (unpaired) electrons. The van der Waals surface area contributed by atoms with Crippen molar-refractivity contribution in [3.05, 3.63) is 54.4 Å². The van der Waals surface area contributed by atoms with Crippen LogP contribution in [-0.2, 0) is 12.1 Å². The molecule has 2 aliphatic rings. The Labute approximate surface area is 144 Å². The van der Waals surface area contributed by atoms with E-state index in [1.165, 1.54) is 19.3 Å². The molecule has 1 aliphatic heterocycles. The van der Waals surface area contributed by atoms with Gasteiger partial charge in [-0.05, 0) is 30.9 Å². The molecule has 0 bridgehead atoms. The van der Waals surface area contributed by atoms with E-state index < -0.39 is 5.60 Å². The summed E-state index contributed by atoms with van der Waals surface area (Å²) in [7, 11) is 0. The second-order valence-corrected chi connectivity index (χ2v) is 7.30. The predicted molar refractivity (Wildman–Crippen MR) is 94.5 cm³/mol. The van der Waals surface area contributed by atoms with Gasteiger partial charge in [-0.1, -0.05) is 43.2 Å². The highest BCUT2D eigenvalue weighted by molar-refractivity contribution is 5.25. The van der Waals surface area contributed by atoms with E-state index >= 15 is 0 Å². The first-order valence-corrected chi connectivity index (χ1v) is 9.27. The summed E-state index contributed by atoms with van der Waals surface area (Å²) in [5.41, 5.74) is 0.447. The standard InChI is InChI=1S/C20H27N3O/c24-20(17-7-2-1-3-8-17)11-14-22(15-16-23-13-6-12-21-23)19-10-5-4-9-18(19)20/h1-3,6-8,12-13,18-19,24H,4-5,9-11,14-16H2/t18-,19+,20+/m0/s1. The van der Waals surface area contributed by atoms with Crippen LogP contribution < -0.4 is 0 Å². The highest BCUT2D eigenvalue weighted by atomic mass is 16.3. The molecule has 1 saturated heterocycles. The number of aromatic nitrogens is 2. The molecule has 0 spiro atoms. The summed E-state index contributed by atoms with van der Waals surface area (Å²) in [6.07, 6.45) is 9.56. The van der Waals surface area contributed by atoms with Crippen molar-refractivity contribution in [3.8, 4) is 0 Å². The summed E-state index contributed by atoms with van der Waals surface area (Å²) in [5.74, 6) is 0.347. The topological polar surface area (TPSA) is 41.3 Å². The van der Waals surface area contributed by atoms with Crippen molar-refractivity contribution in [2.45, 2.75) is 50.3 Å². The monoisotopic (exact) mass is 325 g/mol. The fourth-order valence-electron chi connectivity index (χ4n) is 4.80. The Bertz CT molecular complexity index is 642. The molecule has 1 saturated carbocycles. The van der Waals surface area contributed by atoms with Crippen molar-refractivity contribution in [2.75, 3.05) is 13.1 Å². The number of hydrogen-bond donors (Lipinski definition) is 1. The van der Waals surface area contributed by atoms with Crippen LogP contribution in [0, 0.1) is 5.92 Å². The van der Waals surface area contributed by atoms with Gasteiger partial charge in [0.2, 0.25) is 0 Å². The number of aliphatic hydroxyl groups is 1. The fraction of sp³-hybridized carbons (Fsp3) is 0.550. The maximum absolute atomic E-state index is 11.6. The van der Waals surface area contributed by atoms with E-state index in [9.17, 15) is 5.11 Å². The van der Waals surface area contributed by atoms with Crippen LogP contribution in [0.25, 0.3) is 0 Å². The molecule has 128 valence electrons. The number of rotatable bonds is 4. The first kappa shape index (κ1) is 15.9. The lowest BCUT2D eigenvalue weighted by Crippen LogP contribution is -2.57. The van der Waals surface area contributed by atoms with Gasteiger partial charge in [0.15, 0.2) is 0 Å². The van der Waals surface area contributed by atoms with Crippen molar-refractivity contribution in [1.82, 2.24) is 14.7 Å². The maximum Gasteiger partial charge on any atom is 0.0951 e. The van der Waals surface area contributed by atoms with Crippen molar-refractivity contribution in [1.29, 1.82) is 0 Å². The summed E-state index contributed by atoms with van der Waals surface area (Å²) in [4.78, 5) is 2.60. The number of piperidine rings is 1. The van der Waals surface area contributed by atoms with E-state index in [1.807, 2.05) is 29.2 Å². The summed E-state index contributed by atoms with van der Waals surface area (Å²) >= 11 is 0. The molecule has 24 heavy (non-hydrogen) atoms. The van der Waals surface area contributed by atoms with E-state index in [-0.39, 0.29) is 0 Å². The third kappa shape index (κ3) is 2.89. The van der Waals surface area contributed by atoms with E-state index in [4.69, 9.17) is 0 Å². The number of likely N-dealkylation sites (tertiary alicyclic amines) is 1. The van der Waals surface area contributed by atoms with Crippen LogP contribution in [0.4, 0.5) is 0 Å². The third-order valence-electron chi connectivity index (χ3n) is 6.04. The lowest BCUT2D eigenvalue weighted by Gasteiger charge is -2.52. The molecule has 4 rings (SSSR count). The Morgan fingerprint density at radius 1 is 1.08 bits per heavy atom. The highest BCUT2D eigenvalue weighted by Crippen LogP contribution is 2.46. The van der Waals surface area contributed by atoms with Crippen molar-refractivity contribution in [2.24, 2.45) is 5.92 Å². The van der Waals surface area contributed by atoms with Gasteiger partial charge in [-0.15, -0.1) is 0 Å². The molecule has 2 fully saturated rings. The van der Waals surface area contributed by atoms with Gasteiger partial charge in [-0.25, -0.2) is 0 Å². The Balaban J connectivity index is 1.53. The summed E-state index contributed by atoms with van der Waals surface area (Å²) in [5, 5.41) is 15.9. The van der Waals surface area contributed by atoms with Gasteiger partial charge < -0.3 is 5.11 Å². The summed E-state index contributed by atoms with van der Waals surface area (Å²) in [6, 6.07) is 12.8. The van der Waals surface area contributed by atoms with Crippen LogP contribution >= 0.6 is 0 Å². The van der Waals surface area contributed by atoms with Gasteiger partial charge in [0, 0.05) is 37.4 Å². The minimum Gasteiger partial charge on any atom is -0.385 e. The largest absolute Gasteiger partial charge is 0.385 e. The average molecular weight is 325 g/mol. The normalized spacial score (nSPS) is 30.9. The van der Waals surface area contributed by atoms with Crippen molar-refractivity contribution < 1.29 is 5.11 Å². The zero-order valence-corrected chi connectivity index (χ0v) is 14.2. The first-order chi connectivity index (χ1) is 11.8. The number of fused-ring (bicyclic) bond motifs is 1. The smallest absolute Gasteiger partial charge is 0.0951 e. The van der Waals surface area contributed by atoms with Gasteiger partial charge in [-0.3, -0.25) is 9.58 Å². The number of nitrogens with zero attached hydrogens (tertiary/aromatic N) is 3. The van der Waals surface area contributed by atoms with Gasteiger partial charge in [0.25, 0.3) is 0 Å². The second-order valence-electron chi connectivity index (χ2n) is 7.30. The van der Waals surface area contributed by atoms with Crippen LogP contribution in [0.1, 0.15) is 37.7 Å². The van der Waals surface area contributed by atoms with Crippen LogP contribution in [0.3, 0.4) is 0 Å². The van der Waals surface area contributed by atoms with Crippen LogP contribution in [0.15, 0.2) is 48.8 Å². The Kier molecular flexibility index (Phi) is 4.42. The SMILES string of the molecule is O[C@@]1(c2ccccc2)CCN(CCn2cccn2)[C@@H]2CCCC[C@@H]21. The Morgan fingerprint density at radius 2 is 1.92 bits per heavy atom. The molecule has 1 aromatic carbocycles. The average Bonchev–Trinajstić information content (AvgIpc) is 3.16. The molecule has 2 aromatic rings. The van der Waals surface area contributed by atoms with Crippen LogP contribution in [0.5, 0.6) is 0 Å². The lowest BCUT2D eigenvalue weighted by atomic mass is 9.66. The summed E-state index contributed by atoms with van der Waals surface area (Å²) < 4.78 is 2.01. The molecule has 0 amide bonds. The number of benzene rings is 1. The molecule has 0 unspecified atom stereocenters. The fourth-order valence-corrected chi connectivity index (χ4v) is 4.80. The molecule has 1 aliphatic carbocycles. The maximum atomic E-state index is 11.6. The van der Waals surface area contributed by atoms with Crippen molar-refractivity contribution >= 4 is 0 Å². The molecule has 1 aromatic heterocycles. The number of hydrogen-bond acceptors (Lipinski definition) is 3. The van der Waals surface area contributed by atoms with Crippen LogP contribution in [0.2, 0.25) is 0 Å². The molecule has 1 N–H and O–H groups in total.